The van der Waals surface area contributed by atoms with Gasteiger partial charge in [-0.25, -0.2) is 19.9 Å². The van der Waals surface area contributed by atoms with Crippen LogP contribution in [0.5, 0.6) is 6.01 Å². The number of aliphatic imine (C=N–C) groups is 1. The summed E-state index contributed by atoms with van der Waals surface area (Å²) in [6, 6.07) is 0.303. The van der Waals surface area contributed by atoms with E-state index in [4.69, 9.17) is 24.7 Å². The SMILES string of the molecule is COc1ncc(-c2cnc(C(C(=O)CCCN(C)C)C3CCC(Cc4ncc(C(C)(C)C)c(C5=NCC=C5C)n4)CC3)cn2)cn1. The molecular formula is C36H48N8O2. The number of carbonyl (C=O) groups is 1. The van der Waals surface area contributed by atoms with Crippen LogP contribution in [0.1, 0.15) is 94.9 Å². The average molecular weight is 625 g/mol. The van der Waals surface area contributed by atoms with Gasteiger partial charge in [-0.1, -0.05) is 26.8 Å². The molecule has 0 aromatic carbocycles. The Balaban J connectivity index is 1.30. The Morgan fingerprint density at radius 3 is 2.30 bits per heavy atom. The second-order valence-corrected chi connectivity index (χ2v) is 14.0. The van der Waals surface area contributed by atoms with Crippen LogP contribution < -0.4 is 4.74 Å². The fourth-order valence-corrected chi connectivity index (χ4v) is 6.58. The van der Waals surface area contributed by atoms with Crippen LogP contribution in [0.25, 0.3) is 11.3 Å². The lowest BCUT2D eigenvalue weighted by atomic mass is 9.72. The summed E-state index contributed by atoms with van der Waals surface area (Å²) in [5.74, 6) is 1.58. The Hall–Kier alpha value is -3.92. The van der Waals surface area contributed by atoms with Gasteiger partial charge in [-0.3, -0.25) is 19.8 Å². The van der Waals surface area contributed by atoms with Crippen LogP contribution in [0, 0.1) is 11.8 Å². The lowest BCUT2D eigenvalue weighted by Crippen LogP contribution is -2.28. The normalized spacial score (nSPS) is 19.1. The fraction of sp³-hybridized carbons (Fsp3) is 0.556. The number of hydrogen-bond donors (Lipinski definition) is 0. The number of hydrogen-bond acceptors (Lipinski definition) is 10. The molecule has 1 unspecified atom stereocenters. The van der Waals surface area contributed by atoms with Crippen molar-refractivity contribution in [1.29, 1.82) is 0 Å². The second kappa shape index (κ2) is 14.7. The van der Waals surface area contributed by atoms with Crippen molar-refractivity contribution in [2.45, 2.75) is 84.0 Å². The number of nitrogens with zero attached hydrogens (tertiary/aromatic N) is 8. The van der Waals surface area contributed by atoms with E-state index < -0.39 is 0 Å². The van der Waals surface area contributed by atoms with Crippen molar-refractivity contribution < 1.29 is 9.53 Å². The number of Topliss-reactive ketones (excluding diaryl/α,β-unsaturated/α-hetero) is 1. The summed E-state index contributed by atoms with van der Waals surface area (Å²) in [6.07, 6.45) is 17.2. The Morgan fingerprint density at radius 1 is 0.978 bits per heavy atom. The van der Waals surface area contributed by atoms with E-state index in [0.717, 1.165) is 79.1 Å². The van der Waals surface area contributed by atoms with Crippen LogP contribution in [0.15, 0.2) is 47.6 Å². The first kappa shape index (κ1) is 33.4. The van der Waals surface area contributed by atoms with Gasteiger partial charge in [0.15, 0.2) is 0 Å². The molecule has 10 nitrogen and oxygen atoms in total. The first-order valence-corrected chi connectivity index (χ1v) is 16.5. The van der Waals surface area contributed by atoms with E-state index in [1.807, 2.05) is 20.3 Å². The zero-order valence-corrected chi connectivity index (χ0v) is 28.5. The highest BCUT2D eigenvalue weighted by molar-refractivity contribution is 6.13. The predicted octanol–water partition coefficient (Wildman–Crippen LogP) is 5.82. The molecule has 2 aliphatic rings. The van der Waals surface area contributed by atoms with Gasteiger partial charge in [0, 0.05) is 48.8 Å². The molecule has 0 radical (unpaired) electrons. The largest absolute Gasteiger partial charge is 0.467 e. The molecule has 0 saturated heterocycles. The summed E-state index contributed by atoms with van der Waals surface area (Å²) in [4.78, 5) is 48.4. The molecule has 244 valence electrons. The van der Waals surface area contributed by atoms with Crippen LogP contribution in [0.3, 0.4) is 0 Å². The van der Waals surface area contributed by atoms with Crippen LogP contribution >= 0.6 is 0 Å². The third kappa shape index (κ3) is 8.07. The van der Waals surface area contributed by atoms with E-state index in [-0.39, 0.29) is 23.0 Å². The van der Waals surface area contributed by atoms with Gasteiger partial charge >= 0.3 is 6.01 Å². The number of methoxy groups -OCH3 is 1. The third-order valence-electron chi connectivity index (χ3n) is 9.20. The first-order valence-electron chi connectivity index (χ1n) is 16.5. The molecule has 3 aromatic heterocycles. The smallest absolute Gasteiger partial charge is 0.316 e. The van der Waals surface area contributed by atoms with E-state index in [9.17, 15) is 4.79 Å². The highest BCUT2D eigenvalue weighted by atomic mass is 16.5. The maximum absolute atomic E-state index is 13.8. The second-order valence-electron chi connectivity index (χ2n) is 14.0. The molecule has 0 spiro atoms. The van der Waals surface area contributed by atoms with Crippen molar-refractivity contribution in [3.63, 3.8) is 0 Å². The van der Waals surface area contributed by atoms with Crippen molar-refractivity contribution >= 4 is 11.5 Å². The van der Waals surface area contributed by atoms with Crippen molar-refractivity contribution in [2.75, 3.05) is 34.3 Å². The highest BCUT2D eigenvalue weighted by Crippen LogP contribution is 2.40. The summed E-state index contributed by atoms with van der Waals surface area (Å²) in [5.41, 5.74) is 6.39. The topological polar surface area (TPSA) is 119 Å². The van der Waals surface area contributed by atoms with Crippen molar-refractivity contribution in [3.8, 4) is 17.3 Å². The van der Waals surface area contributed by atoms with Gasteiger partial charge in [-0.2, -0.15) is 0 Å². The van der Waals surface area contributed by atoms with Gasteiger partial charge in [-0.05, 0) is 82.5 Å². The number of allylic oxidation sites excluding steroid dienone is 1. The molecule has 5 rings (SSSR count). The maximum atomic E-state index is 13.8. The van der Waals surface area contributed by atoms with Crippen molar-refractivity contribution in [1.82, 2.24) is 34.8 Å². The third-order valence-corrected chi connectivity index (χ3v) is 9.20. The molecule has 1 atom stereocenters. The van der Waals surface area contributed by atoms with Crippen LogP contribution in [0.2, 0.25) is 0 Å². The molecule has 0 bridgehead atoms. The number of ketones is 1. The summed E-state index contributed by atoms with van der Waals surface area (Å²) in [5, 5.41) is 0. The predicted molar refractivity (Wildman–Crippen MR) is 180 cm³/mol. The van der Waals surface area contributed by atoms with Gasteiger partial charge in [0.05, 0.1) is 48.6 Å². The Bertz CT molecular complexity index is 1550. The summed E-state index contributed by atoms with van der Waals surface area (Å²) >= 11 is 0. The molecule has 0 N–H and O–H groups in total. The summed E-state index contributed by atoms with van der Waals surface area (Å²) in [6.45, 7) is 10.3. The molecule has 1 fully saturated rings. The summed E-state index contributed by atoms with van der Waals surface area (Å²) < 4.78 is 5.07. The Labute approximate surface area is 273 Å². The minimum atomic E-state index is -0.263. The summed E-state index contributed by atoms with van der Waals surface area (Å²) in [7, 11) is 5.61. The van der Waals surface area contributed by atoms with E-state index in [0.29, 0.717) is 30.6 Å². The minimum Gasteiger partial charge on any atom is -0.467 e. The number of rotatable bonds is 12. The quantitative estimate of drug-likeness (QED) is 0.245. The molecule has 1 aliphatic carbocycles. The van der Waals surface area contributed by atoms with Gasteiger partial charge < -0.3 is 9.64 Å². The van der Waals surface area contributed by atoms with E-state index in [1.165, 1.54) is 12.7 Å². The van der Waals surface area contributed by atoms with E-state index in [1.54, 1.807) is 24.8 Å². The molecule has 1 saturated carbocycles. The number of aromatic nitrogens is 6. The zero-order valence-electron chi connectivity index (χ0n) is 28.5. The molecule has 46 heavy (non-hydrogen) atoms. The van der Waals surface area contributed by atoms with Gasteiger partial charge in [0.25, 0.3) is 0 Å². The van der Waals surface area contributed by atoms with Crippen molar-refractivity contribution in [2.24, 2.45) is 16.8 Å². The minimum absolute atomic E-state index is 0.0745. The molecule has 10 heteroatoms. The monoisotopic (exact) mass is 624 g/mol. The lowest BCUT2D eigenvalue weighted by molar-refractivity contribution is -0.122. The molecule has 4 heterocycles. The van der Waals surface area contributed by atoms with E-state index >= 15 is 0 Å². The van der Waals surface area contributed by atoms with Gasteiger partial charge in [0.1, 0.15) is 11.6 Å². The standard InChI is InChI=1S/C36H48N8O2/c1-23-14-15-37-33(23)34-27(36(2,3)4)20-40-31(43-34)17-24-10-12-25(13-11-24)32(30(45)9-8-16-44(5)6)29-22-38-28(21-39-29)26-18-41-35(46-7)42-19-26/h14,18-22,24-25,32H,8-13,15-17H2,1-7H3. The Morgan fingerprint density at radius 2 is 1.72 bits per heavy atom. The van der Waals surface area contributed by atoms with Crippen molar-refractivity contribution in [3.05, 3.63) is 65.4 Å². The van der Waals surface area contributed by atoms with Gasteiger partial charge in [0.2, 0.25) is 0 Å². The first-order chi connectivity index (χ1) is 22.0. The molecule has 3 aromatic rings. The van der Waals surface area contributed by atoms with E-state index in [2.05, 4.69) is 53.6 Å². The number of ether oxygens (including phenoxy) is 1. The molecule has 1 aliphatic heterocycles. The Kier molecular flexibility index (Phi) is 10.7. The van der Waals surface area contributed by atoms with Gasteiger partial charge in [-0.15, -0.1) is 0 Å². The maximum Gasteiger partial charge on any atom is 0.316 e. The average Bonchev–Trinajstić information content (AvgIpc) is 3.47. The van der Waals surface area contributed by atoms with Crippen LogP contribution in [-0.2, 0) is 16.6 Å². The molecule has 0 amide bonds. The highest BCUT2D eigenvalue weighted by Gasteiger charge is 2.35. The van der Waals surface area contributed by atoms with Crippen LogP contribution in [0.4, 0.5) is 0 Å². The lowest BCUT2D eigenvalue weighted by Gasteiger charge is -2.33. The van der Waals surface area contributed by atoms with Crippen LogP contribution in [-0.4, -0.2) is 80.6 Å². The molecular weight excluding hydrogens is 576 g/mol. The fourth-order valence-electron chi connectivity index (χ4n) is 6.58. The zero-order chi connectivity index (χ0) is 32.8. The number of carbonyl (C=O) groups excluding carboxylic acids is 1.